The maximum Gasteiger partial charge on any atom is 0.328 e. The number of nitrogens with one attached hydrogen (secondary N) is 1. The van der Waals surface area contributed by atoms with Crippen LogP contribution >= 0.6 is 0 Å². The number of carbonyl (C=O) groups excluding carboxylic acids is 1. The van der Waals surface area contributed by atoms with E-state index >= 15 is 0 Å². The molecule has 0 bridgehead atoms. The molecule has 0 unspecified atom stereocenters. The average Bonchev–Trinajstić information content (AvgIpc) is 2.44. The second kappa shape index (κ2) is 8.92. The average molecular weight is 291 g/mol. The summed E-state index contributed by atoms with van der Waals surface area (Å²) < 4.78 is 5.27. The Kier molecular flexibility index (Phi) is 7.18. The standard InChI is InChI=1S/C16H21NO4/c1-3-9-21-10-8-15(18)17-14-6-4-13(11-12(14)2)5-7-16(19)20/h4-7,11H,3,8-10H2,1-2H3,(H,17,18)(H,19,20). The molecule has 0 heterocycles. The lowest BCUT2D eigenvalue weighted by molar-refractivity contribution is -0.131. The normalized spacial score (nSPS) is 10.8. The van der Waals surface area contributed by atoms with E-state index in [0.717, 1.165) is 29.3 Å². The summed E-state index contributed by atoms with van der Waals surface area (Å²) in [6.45, 7) is 4.96. The number of hydrogen-bond acceptors (Lipinski definition) is 3. The van der Waals surface area contributed by atoms with Crippen LogP contribution < -0.4 is 5.32 Å². The van der Waals surface area contributed by atoms with E-state index < -0.39 is 5.97 Å². The highest BCUT2D eigenvalue weighted by molar-refractivity contribution is 5.92. The van der Waals surface area contributed by atoms with E-state index in [1.165, 1.54) is 6.08 Å². The van der Waals surface area contributed by atoms with Crippen LogP contribution in [-0.2, 0) is 14.3 Å². The Morgan fingerprint density at radius 1 is 1.33 bits per heavy atom. The van der Waals surface area contributed by atoms with Gasteiger partial charge < -0.3 is 15.2 Å². The molecule has 0 radical (unpaired) electrons. The minimum absolute atomic E-state index is 0.0944. The van der Waals surface area contributed by atoms with Gasteiger partial charge in [0.05, 0.1) is 13.0 Å². The highest BCUT2D eigenvalue weighted by Crippen LogP contribution is 2.17. The lowest BCUT2D eigenvalue weighted by atomic mass is 10.1. The van der Waals surface area contributed by atoms with E-state index in [-0.39, 0.29) is 5.91 Å². The molecule has 5 nitrogen and oxygen atoms in total. The number of hydrogen-bond donors (Lipinski definition) is 2. The summed E-state index contributed by atoms with van der Waals surface area (Å²) in [4.78, 5) is 22.2. The van der Waals surface area contributed by atoms with Crippen LogP contribution in [0.3, 0.4) is 0 Å². The van der Waals surface area contributed by atoms with Gasteiger partial charge in [-0.05, 0) is 42.7 Å². The molecule has 0 aromatic heterocycles. The minimum atomic E-state index is -0.989. The van der Waals surface area contributed by atoms with Crippen LogP contribution in [0.5, 0.6) is 0 Å². The van der Waals surface area contributed by atoms with E-state index in [0.29, 0.717) is 19.6 Å². The van der Waals surface area contributed by atoms with Crippen LogP contribution in [-0.4, -0.2) is 30.2 Å². The van der Waals surface area contributed by atoms with Crippen molar-refractivity contribution in [3.63, 3.8) is 0 Å². The number of benzene rings is 1. The minimum Gasteiger partial charge on any atom is -0.478 e. The largest absolute Gasteiger partial charge is 0.478 e. The third-order valence-corrected chi connectivity index (χ3v) is 2.76. The fraction of sp³-hybridized carbons (Fsp3) is 0.375. The number of amides is 1. The van der Waals surface area contributed by atoms with Crippen LogP contribution in [0, 0.1) is 6.92 Å². The summed E-state index contributed by atoms with van der Waals surface area (Å²) >= 11 is 0. The summed E-state index contributed by atoms with van der Waals surface area (Å²) in [5.74, 6) is -1.08. The Bertz CT molecular complexity index is 523. The molecule has 0 aliphatic rings. The second-order valence-corrected chi connectivity index (χ2v) is 4.66. The van der Waals surface area contributed by atoms with Crippen molar-refractivity contribution >= 4 is 23.6 Å². The Hall–Kier alpha value is -2.14. The van der Waals surface area contributed by atoms with Crippen LogP contribution in [0.4, 0.5) is 5.69 Å². The lowest BCUT2D eigenvalue weighted by Crippen LogP contribution is -2.15. The smallest absolute Gasteiger partial charge is 0.328 e. The topological polar surface area (TPSA) is 75.6 Å². The van der Waals surface area contributed by atoms with Crippen LogP contribution in [0.15, 0.2) is 24.3 Å². The Morgan fingerprint density at radius 2 is 2.10 bits per heavy atom. The van der Waals surface area contributed by atoms with Gasteiger partial charge in [0.1, 0.15) is 0 Å². The van der Waals surface area contributed by atoms with Gasteiger partial charge in [-0.1, -0.05) is 13.0 Å². The zero-order chi connectivity index (χ0) is 15.7. The van der Waals surface area contributed by atoms with Crippen LogP contribution in [0.1, 0.15) is 30.9 Å². The van der Waals surface area contributed by atoms with E-state index in [2.05, 4.69) is 5.32 Å². The molecular formula is C16H21NO4. The zero-order valence-corrected chi connectivity index (χ0v) is 12.4. The summed E-state index contributed by atoms with van der Waals surface area (Å²) in [7, 11) is 0. The van der Waals surface area contributed by atoms with Crippen LogP contribution in [0.2, 0.25) is 0 Å². The van der Waals surface area contributed by atoms with E-state index in [1.54, 1.807) is 12.1 Å². The fourth-order valence-electron chi connectivity index (χ4n) is 1.72. The predicted molar refractivity (Wildman–Crippen MR) is 82.2 cm³/mol. The number of ether oxygens (including phenoxy) is 1. The molecule has 0 atom stereocenters. The third-order valence-electron chi connectivity index (χ3n) is 2.76. The first-order chi connectivity index (χ1) is 10.0. The predicted octanol–water partition coefficient (Wildman–Crippen LogP) is 2.85. The number of aryl methyl sites for hydroxylation is 1. The lowest BCUT2D eigenvalue weighted by Gasteiger charge is -2.09. The van der Waals surface area contributed by atoms with Gasteiger partial charge in [-0.2, -0.15) is 0 Å². The summed E-state index contributed by atoms with van der Waals surface area (Å²) in [6.07, 6.45) is 3.85. The van der Waals surface area contributed by atoms with Crippen molar-refractivity contribution in [2.75, 3.05) is 18.5 Å². The molecule has 0 saturated carbocycles. The van der Waals surface area contributed by atoms with Crippen LogP contribution in [0.25, 0.3) is 6.08 Å². The first-order valence-corrected chi connectivity index (χ1v) is 6.92. The Morgan fingerprint density at radius 3 is 2.71 bits per heavy atom. The molecular weight excluding hydrogens is 270 g/mol. The molecule has 0 aliphatic carbocycles. The first kappa shape index (κ1) is 16.9. The number of carboxylic acid groups (broad SMARTS) is 1. The van der Waals surface area contributed by atoms with E-state index in [9.17, 15) is 9.59 Å². The maximum absolute atomic E-state index is 11.7. The molecule has 114 valence electrons. The third kappa shape index (κ3) is 6.72. The number of carboxylic acids is 1. The van der Waals surface area contributed by atoms with Crippen molar-refractivity contribution in [2.24, 2.45) is 0 Å². The molecule has 21 heavy (non-hydrogen) atoms. The molecule has 1 aromatic carbocycles. The Balaban J connectivity index is 2.56. The molecule has 0 saturated heterocycles. The first-order valence-electron chi connectivity index (χ1n) is 6.92. The van der Waals surface area contributed by atoms with Gasteiger partial charge in [0.15, 0.2) is 0 Å². The second-order valence-electron chi connectivity index (χ2n) is 4.66. The number of rotatable bonds is 8. The SMILES string of the molecule is CCCOCCC(=O)Nc1ccc(C=CC(=O)O)cc1C. The monoisotopic (exact) mass is 291 g/mol. The van der Waals surface area contributed by atoms with Crippen molar-refractivity contribution in [1.82, 2.24) is 0 Å². The highest BCUT2D eigenvalue weighted by atomic mass is 16.5. The van der Waals surface area contributed by atoms with E-state index in [1.807, 2.05) is 19.9 Å². The summed E-state index contributed by atoms with van der Waals surface area (Å²) in [6, 6.07) is 5.35. The molecule has 1 rings (SSSR count). The highest BCUT2D eigenvalue weighted by Gasteiger charge is 2.05. The van der Waals surface area contributed by atoms with Crippen molar-refractivity contribution in [3.05, 3.63) is 35.4 Å². The Labute approximate surface area is 124 Å². The summed E-state index contributed by atoms with van der Waals surface area (Å²) in [5.41, 5.74) is 2.38. The number of aliphatic carboxylic acids is 1. The molecule has 1 aromatic rings. The van der Waals surface area contributed by atoms with Crippen molar-refractivity contribution in [3.8, 4) is 0 Å². The quantitative estimate of drug-likeness (QED) is 0.570. The number of carbonyl (C=O) groups is 2. The molecule has 5 heteroatoms. The summed E-state index contributed by atoms with van der Waals surface area (Å²) in [5, 5.41) is 11.4. The fourth-order valence-corrected chi connectivity index (χ4v) is 1.72. The zero-order valence-electron chi connectivity index (χ0n) is 12.4. The van der Waals surface area contributed by atoms with Crippen molar-refractivity contribution in [1.29, 1.82) is 0 Å². The molecule has 1 amide bonds. The van der Waals surface area contributed by atoms with Crippen molar-refractivity contribution in [2.45, 2.75) is 26.7 Å². The molecule has 2 N–H and O–H groups in total. The molecule has 0 spiro atoms. The number of anilines is 1. The van der Waals surface area contributed by atoms with Gasteiger partial charge in [0.2, 0.25) is 5.91 Å². The van der Waals surface area contributed by atoms with E-state index in [4.69, 9.17) is 9.84 Å². The molecule has 0 aliphatic heterocycles. The van der Waals surface area contributed by atoms with Gasteiger partial charge in [0.25, 0.3) is 0 Å². The van der Waals surface area contributed by atoms with Gasteiger partial charge in [0, 0.05) is 18.4 Å². The van der Waals surface area contributed by atoms with Gasteiger partial charge in [-0.3, -0.25) is 4.79 Å². The van der Waals surface area contributed by atoms with Gasteiger partial charge in [-0.25, -0.2) is 4.79 Å². The van der Waals surface area contributed by atoms with Gasteiger partial charge >= 0.3 is 5.97 Å². The maximum atomic E-state index is 11.7. The van der Waals surface area contributed by atoms with Crippen molar-refractivity contribution < 1.29 is 19.4 Å². The molecule has 0 fully saturated rings. The van der Waals surface area contributed by atoms with Gasteiger partial charge in [-0.15, -0.1) is 0 Å².